The summed E-state index contributed by atoms with van der Waals surface area (Å²) in [5.41, 5.74) is 1.78. The van der Waals surface area contributed by atoms with Gasteiger partial charge in [-0.2, -0.15) is 4.31 Å². The van der Waals surface area contributed by atoms with Crippen LogP contribution in [0.5, 0.6) is 0 Å². The maximum Gasteiger partial charge on any atom is 0.218 e. The molecule has 0 unspecified atom stereocenters. The summed E-state index contributed by atoms with van der Waals surface area (Å²) in [7, 11) is -1.61. The van der Waals surface area contributed by atoms with Crippen molar-refractivity contribution >= 4 is 40.0 Å². The van der Waals surface area contributed by atoms with Crippen LogP contribution in [0.4, 0.5) is 0 Å². The van der Waals surface area contributed by atoms with E-state index in [0.29, 0.717) is 38.8 Å². The molecule has 0 aromatic heterocycles. The second-order valence-corrected chi connectivity index (χ2v) is 9.39. The highest BCUT2D eigenvalue weighted by molar-refractivity contribution is 14.0. The maximum absolute atomic E-state index is 12.7. The lowest BCUT2D eigenvalue weighted by Crippen LogP contribution is -2.41. The van der Waals surface area contributed by atoms with E-state index in [9.17, 15) is 8.42 Å². The standard InChI is InChI=1S/C20H34N4O3S.HI/c1-17(2)7-6-10-22-20(21-3)23-15-18-8-4-5-9-19(18)16-28(25,26)24-11-13-27-14-12-24;/h4-5,8-9,17H,6-7,10-16H2,1-3H3,(H2,21,22,23);1H. The Balaban J connectivity index is 0.00000420. The summed E-state index contributed by atoms with van der Waals surface area (Å²) in [4.78, 5) is 4.25. The van der Waals surface area contributed by atoms with Gasteiger partial charge in [-0.15, -0.1) is 24.0 Å². The molecule has 7 nitrogen and oxygen atoms in total. The van der Waals surface area contributed by atoms with Crippen molar-refractivity contribution in [2.24, 2.45) is 10.9 Å². The minimum Gasteiger partial charge on any atom is -0.379 e. The number of hydrogen-bond acceptors (Lipinski definition) is 4. The number of nitrogens with zero attached hydrogens (tertiary/aromatic N) is 2. The number of halogens is 1. The quantitative estimate of drug-likeness (QED) is 0.219. The van der Waals surface area contributed by atoms with Gasteiger partial charge in [0.25, 0.3) is 0 Å². The third-order valence-corrected chi connectivity index (χ3v) is 6.57. The third kappa shape index (κ3) is 9.18. The Bertz CT molecular complexity index is 735. The molecule has 1 aliphatic rings. The van der Waals surface area contributed by atoms with Crippen molar-refractivity contribution in [3.05, 3.63) is 35.4 Å². The summed E-state index contributed by atoms with van der Waals surface area (Å²) in [5, 5.41) is 6.60. The fraction of sp³-hybridized carbons (Fsp3) is 0.650. The van der Waals surface area contributed by atoms with Gasteiger partial charge in [0.2, 0.25) is 10.0 Å². The predicted molar refractivity (Wildman–Crippen MR) is 129 cm³/mol. The van der Waals surface area contributed by atoms with E-state index >= 15 is 0 Å². The van der Waals surface area contributed by atoms with Crippen molar-refractivity contribution in [2.45, 2.75) is 39.0 Å². The Morgan fingerprint density at radius 2 is 1.83 bits per heavy atom. The van der Waals surface area contributed by atoms with Crippen LogP contribution in [0.25, 0.3) is 0 Å². The number of guanidine groups is 1. The average molecular weight is 538 g/mol. The number of ether oxygens (including phenoxy) is 1. The molecule has 1 saturated heterocycles. The summed E-state index contributed by atoms with van der Waals surface area (Å²) in [5.74, 6) is 1.43. The lowest BCUT2D eigenvalue weighted by atomic mass is 10.1. The molecule has 1 aliphatic heterocycles. The molecule has 1 fully saturated rings. The van der Waals surface area contributed by atoms with Gasteiger partial charge in [0, 0.05) is 33.2 Å². The van der Waals surface area contributed by atoms with Crippen LogP contribution in [0.15, 0.2) is 29.3 Å². The van der Waals surface area contributed by atoms with Gasteiger partial charge in [-0.25, -0.2) is 8.42 Å². The van der Waals surface area contributed by atoms with Crippen LogP contribution in [0.2, 0.25) is 0 Å². The Hall–Kier alpha value is -0.910. The van der Waals surface area contributed by atoms with E-state index in [0.717, 1.165) is 30.1 Å². The molecule has 0 bridgehead atoms. The van der Waals surface area contributed by atoms with Crippen molar-refractivity contribution < 1.29 is 13.2 Å². The summed E-state index contributed by atoms with van der Waals surface area (Å²) in [6, 6.07) is 7.66. The zero-order chi connectivity index (χ0) is 20.4. The van der Waals surface area contributed by atoms with Gasteiger partial charge in [0.15, 0.2) is 5.96 Å². The molecule has 0 radical (unpaired) electrons. The molecule has 166 valence electrons. The second-order valence-electron chi connectivity index (χ2n) is 7.42. The van der Waals surface area contributed by atoms with E-state index in [2.05, 4.69) is 29.5 Å². The first-order chi connectivity index (χ1) is 13.4. The number of nitrogens with one attached hydrogen (secondary N) is 2. The Labute approximate surface area is 192 Å². The van der Waals surface area contributed by atoms with Crippen LogP contribution >= 0.6 is 24.0 Å². The number of aliphatic imine (C=N–C) groups is 1. The zero-order valence-electron chi connectivity index (χ0n) is 17.7. The van der Waals surface area contributed by atoms with E-state index < -0.39 is 10.0 Å². The van der Waals surface area contributed by atoms with Gasteiger partial charge in [0.05, 0.1) is 19.0 Å². The number of benzene rings is 1. The molecule has 2 N–H and O–H groups in total. The van der Waals surface area contributed by atoms with E-state index in [1.54, 1.807) is 7.05 Å². The van der Waals surface area contributed by atoms with Crippen LogP contribution in [0, 0.1) is 5.92 Å². The minimum atomic E-state index is -3.35. The van der Waals surface area contributed by atoms with Crippen molar-refractivity contribution in [1.82, 2.24) is 14.9 Å². The van der Waals surface area contributed by atoms with E-state index in [1.807, 2.05) is 24.3 Å². The number of sulfonamides is 1. The number of morpholine rings is 1. The van der Waals surface area contributed by atoms with E-state index in [-0.39, 0.29) is 29.7 Å². The molecule has 0 aliphatic carbocycles. The largest absolute Gasteiger partial charge is 0.379 e. The highest BCUT2D eigenvalue weighted by Gasteiger charge is 2.25. The Morgan fingerprint density at radius 3 is 2.45 bits per heavy atom. The Morgan fingerprint density at radius 1 is 1.17 bits per heavy atom. The smallest absolute Gasteiger partial charge is 0.218 e. The molecule has 2 rings (SSSR count). The van der Waals surface area contributed by atoms with Crippen molar-refractivity contribution in [1.29, 1.82) is 0 Å². The molecule has 1 aromatic carbocycles. The van der Waals surface area contributed by atoms with Gasteiger partial charge >= 0.3 is 0 Å². The minimum absolute atomic E-state index is 0. The molecule has 9 heteroatoms. The first-order valence-electron chi connectivity index (χ1n) is 9.99. The normalized spacial score (nSPS) is 15.8. The molecule has 0 amide bonds. The summed E-state index contributed by atoms with van der Waals surface area (Å²) < 4.78 is 32.3. The lowest BCUT2D eigenvalue weighted by Gasteiger charge is -2.26. The molecular formula is C20H35IN4O3S. The maximum atomic E-state index is 12.7. The predicted octanol–water partition coefficient (Wildman–Crippen LogP) is 2.57. The van der Waals surface area contributed by atoms with Crippen LogP contribution in [0.1, 0.15) is 37.8 Å². The van der Waals surface area contributed by atoms with Crippen molar-refractivity contribution in [3.63, 3.8) is 0 Å². The number of hydrogen-bond donors (Lipinski definition) is 2. The molecule has 1 aromatic rings. The van der Waals surface area contributed by atoms with Gasteiger partial charge in [0.1, 0.15) is 0 Å². The second kappa shape index (κ2) is 13.4. The molecule has 0 saturated carbocycles. The fourth-order valence-corrected chi connectivity index (χ4v) is 4.66. The zero-order valence-corrected chi connectivity index (χ0v) is 20.8. The topological polar surface area (TPSA) is 83.0 Å². The van der Waals surface area contributed by atoms with Crippen molar-refractivity contribution in [3.8, 4) is 0 Å². The average Bonchev–Trinajstić information content (AvgIpc) is 2.69. The van der Waals surface area contributed by atoms with Gasteiger partial charge in [-0.3, -0.25) is 4.99 Å². The van der Waals surface area contributed by atoms with Crippen LogP contribution in [-0.2, 0) is 27.1 Å². The molecular weight excluding hydrogens is 503 g/mol. The van der Waals surface area contributed by atoms with Gasteiger partial charge in [-0.1, -0.05) is 38.1 Å². The highest BCUT2D eigenvalue weighted by atomic mass is 127. The lowest BCUT2D eigenvalue weighted by molar-refractivity contribution is 0.0729. The fourth-order valence-electron chi connectivity index (χ4n) is 3.10. The van der Waals surface area contributed by atoms with Crippen molar-refractivity contribution in [2.75, 3.05) is 39.9 Å². The van der Waals surface area contributed by atoms with Crippen LogP contribution in [-0.4, -0.2) is 58.6 Å². The molecule has 0 atom stereocenters. The molecule has 1 heterocycles. The monoisotopic (exact) mass is 538 g/mol. The summed E-state index contributed by atoms with van der Waals surface area (Å²) in [6.07, 6.45) is 2.26. The Kier molecular flexibility index (Phi) is 12.1. The summed E-state index contributed by atoms with van der Waals surface area (Å²) in [6.45, 7) is 7.60. The first-order valence-corrected chi connectivity index (χ1v) is 11.6. The van der Waals surface area contributed by atoms with E-state index in [4.69, 9.17) is 4.74 Å². The number of rotatable bonds is 9. The molecule has 29 heavy (non-hydrogen) atoms. The van der Waals surface area contributed by atoms with Crippen LogP contribution in [0.3, 0.4) is 0 Å². The highest BCUT2D eigenvalue weighted by Crippen LogP contribution is 2.16. The van der Waals surface area contributed by atoms with Crippen LogP contribution < -0.4 is 10.6 Å². The van der Waals surface area contributed by atoms with E-state index in [1.165, 1.54) is 10.7 Å². The van der Waals surface area contributed by atoms with Gasteiger partial charge < -0.3 is 15.4 Å². The molecule has 0 spiro atoms. The van der Waals surface area contributed by atoms with Gasteiger partial charge in [-0.05, 0) is 29.9 Å². The third-order valence-electron chi connectivity index (χ3n) is 4.74. The summed E-state index contributed by atoms with van der Waals surface area (Å²) >= 11 is 0. The SMILES string of the molecule is CN=C(NCCCC(C)C)NCc1ccccc1CS(=O)(=O)N1CCOCC1.I. The first kappa shape index (κ1) is 26.1.